The summed E-state index contributed by atoms with van der Waals surface area (Å²) in [5.41, 5.74) is 0.583. The van der Waals surface area contributed by atoms with Crippen molar-refractivity contribution in [1.82, 2.24) is 4.72 Å². The van der Waals surface area contributed by atoms with Gasteiger partial charge in [-0.05, 0) is 36.8 Å². The molecule has 2 aromatic carbocycles. The molecule has 1 atom stereocenters. The van der Waals surface area contributed by atoms with Gasteiger partial charge in [0.05, 0.1) is 0 Å². The Labute approximate surface area is 138 Å². The molecule has 0 saturated carbocycles. The van der Waals surface area contributed by atoms with Crippen molar-refractivity contribution in [1.29, 1.82) is 0 Å². The quantitative estimate of drug-likeness (QED) is 0.916. The second-order valence-corrected chi connectivity index (χ2v) is 6.95. The molecule has 1 heterocycles. The second-order valence-electron chi connectivity index (χ2n) is 5.30. The largest absolute Gasteiger partial charge is 0.486 e. The monoisotopic (exact) mass is 355 g/mol. The maximum absolute atomic E-state index is 13.7. The Morgan fingerprint density at radius 3 is 2.33 bits per heavy atom. The van der Waals surface area contributed by atoms with Crippen LogP contribution in [0.3, 0.4) is 0 Å². The SMILES string of the molecule is C[C@H](NS(=O)(=O)c1c(F)cccc1F)c1ccc2c(c1)OCCO2. The minimum Gasteiger partial charge on any atom is -0.486 e. The van der Waals surface area contributed by atoms with Gasteiger partial charge >= 0.3 is 0 Å². The maximum atomic E-state index is 13.7. The Kier molecular flexibility index (Phi) is 4.42. The first kappa shape index (κ1) is 16.7. The van der Waals surface area contributed by atoms with Gasteiger partial charge in [-0.2, -0.15) is 0 Å². The fourth-order valence-corrected chi connectivity index (χ4v) is 3.80. The number of sulfonamides is 1. The van der Waals surface area contributed by atoms with Gasteiger partial charge in [0.2, 0.25) is 10.0 Å². The predicted molar refractivity (Wildman–Crippen MR) is 82.5 cm³/mol. The highest BCUT2D eigenvalue weighted by molar-refractivity contribution is 7.89. The molecule has 5 nitrogen and oxygen atoms in total. The first-order valence-electron chi connectivity index (χ1n) is 7.24. The molecule has 0 unspecified atom stereocenters. The van der Waals surface area contributed by atoms with E-state index in [-0.39, 0.29) is 0 Å². The summed E-state index contributed by atoms with van der Waals surface area (Å²) < 4.78 is 65.2. The van der Waals surface area contributed by atoms with Crippen molar-refractivity contribution in [3.63, 3.8) is 0 Å². The molecule has 0 saturated heterocycles. The summed E-state index contributed by atoms with van der Waals surface area (Å²) in [5, 5.41) is 0. The molecule has 0 aliphatic carbocycles. The van der Waals surface area contributed by atoms with Crippen molar-refractivity contribution in [2.24, 2.45) is 0 Å². The number of benzene rings is 2. The Morgan fingerprint density at radius 2 is 1.67 bits per heavy atom. The normalized spacial score (nSPS) is 15.1. The van der Waals surface area contributed by atoms with E-state index >= 15 is 0 Å². The van der Waals surface area contributed by atoms with Crippen LogP contribution in [0.5, 0.6) is 11.5 Å². The highest BCUT2D eigenvalue weighted by Crippen LogP contribution is 2.33. The fourth-order valence-electron chi connectivity index (χ4n) is 2.43. The van der Waals surface area contributed by atoms with Crippen LogP contribution in [0.4, 0.5) is 8.78 Å². The van der Waals surface area contributed by atoms with Crippen molar-refractivity contribution in [2.45, 2.75) is 17.9 Å². The average Bonchev–Trinajstić information content (AvgIpc) is 2.53. The summed E-state index contributed by atoms with van der Waals surface area (Å²) in [6.07, 6.45) is 0. The van der Waals surface area contributed by atoms with Crippen LogP contribution in [-0.4, -0.2) is 21.6 Å². The van der Waals surface area contributed by atoms with Crippen molar-refractivity contribution in [3.8, 4) is 11.5 Å². The lowest BCUT2D eigenvalue weighted by molar-refractivity contribution is 0.171. The first-order chi connectivity index (χ1) is 11.4. The molecule has 128 valence electrons. The van der Waals surface area contributed by atoms with Gasteiger partial charge in [-0.3, -0.25) is 0 Å². The van der Waals surface area contributed by atoms with Crippen LogP contribution in [0.1, 0.15) is 18.5 Å². The van der Waals surface area contributed by atoms with Crippen LogP contribution in [-0.2, 0) is 10.0 Å². The van der Waals surface area contributed by atoms with Crippen LogP contribution in [0.15, 0.2) is 41.3 Å². The molecule has 0 bridgehead atoms. The van der Waals surface area contributed by atoms with Crippen LogP contribution in [0.2, 0.25) is 0 Å². The summed E-state index contributed by atoms with van der Waals surface area (Å²) >= 11 is 0. The van der Waals surface area contributed by atoms with Crippen LogP contribution < -0.4 is 14.2 Å². The van der Waals surface area contributed by atoms with Crippen LogP contribution in [0.25, 0.3) is 0 Å². The van der Waals surface area contributed by atoms with Crippen molar-refractivity contribution < 1.29 is 26.7 Å². The lowest BCUT2D eigenvalue weighted by atomic mass is 10.1. The number of hydrogen-bond acceptors (Lipinski definition) is 4. The standard InChI is InChI=1S/C16H15F2NO4S/c1-10(11-5-6-14-15(9-11)23-8-7-22-14)19-24(20,21)16-12(17)3-2-4-13(16)18/h2-6,9-10,19H,7-8H2,1H3/t10-/m0/s1. The van der Waals surface area contributed by atoms with Crippen molar-refractivity contribution in [2.75, 3.05) is 13.2 Å². The summed E-state index contributed by atoms with van der Waals surface area (Å²) in [7, 11) is -4.36. The lowest BCUT2D eigenvalue weighted by Gasteiger charge is -2.21. The number of rotatable bonds is 4. The minimum atomic E-state index is -4.36. The number of ether oxygens (including phenoxy) is 2. The average molecular weight is 355 g/mol. The molecule has 0 spiro atoms. The van der Waals surface area contributed by atoms with Gasteiger partial charge in [0.15, 0.2) is 16.4 Å². The Bertz CT molecular complexity index is 850. The van der Waals surface area contributed by atoms with E-state index in [0.717, 1.165) is 18.2 Å². The zero-order valence-electron chi connectivity index (χ0n) is 12.8. The van der Waals surface area contributed by atoms with E-state index in [0.29, 0.717) is 30.3 Å². The molecule has 0 aromatic heterocycles. The van der Waals surface area contributed by atoms with E-state index < -0.39 is 32.6 Å². The summed E-state index contributed by atoms with van der Waals surface area (Å²) in [4.78, 5) is -0.991. The number of nitrogens with one attached hydrogen (secondary N) is 1. The van der Waals surface area contributed by atoms with E-state index in [9.17, 15) is 17.2 Å². The topological polar surface area (TPSA) is 64.6 Å². The molecular formula is C16H15F2NO4S. The predicted octanol–water partition coefficient (Wildman–Crippen LogP) is 2.78. The summed E-state index contributed by atoms with van der Waals surface area (Å²) in [5.74, 6) is -1.21. The highest BCUT2D eigenvalue weighted by Gasteiger charge is 2.26. The number of hydrogen-bond donors (Lipinski definition) is 1. The van der Waals surface area contributed by atoms with Gasteiger partial charge in [-0.25, -0.2) is 21.9 Å². The Morgan fingerprint density at radius 1 is 1.04 bits per heavy atom. The maximum Gasteiger partial charge on any atom is 0.246 e. The minimum absolute atomic E-state index is 0.400. The molecule has 0 radical (unpaired) electrons. The van der Waals surface area contributed by atoms with Gasteiger partial charge in [0, 0.05) is 6.04 Å². The molecule has 0 amide bonds. The molecule has 0 fully saturated rings. The van der Waals surface area contributed by atoms with E-state index in [1.54, 1.807) is 25.1 Å². The first-order valence-corrected chi connectivity index (χ1v) is 8.73. The van der Waals surface area contributed by atoms with Gasteiger partial charge in [-0.15, -0.1) is 0 Å². The number of halogens is 2. The third-order valence-corrected chi connectivity index (χ3v) is 5.18. The fraction of sp³-hybridized carbons (Fsp3) is 0.250. The number of fused-ring (bicyclic) bond motifs is 1. The van der Waals surface area contributed by atoms with Gasteiger partial charge < -0.3 is 9.47 Å². The van der Waals surface area contributed by atoms with Crippen LogP contribution >= 0.6 is 0 Å². The van der Waals surface area contributed by atoms with Crippen molar-refractivity contribution in [3.05, 3.63) is 53.6 Å². The van der Waals surface area contributed by atoms with E-state index in [4.69, 9.17) is 9.47 Å². The summed E-state index contributed by atoms with van der Waals surface area (Å²) in [6, 6.07) is 7.15. The zero-order chi connectivity index (χ0) is 17.3. The summed E-state index contributed by atoms with van der Waals surface area (Å²) in [6.45, 7) is 2.42. The molecule has 2 aromatic rings. The molecule has 1 aliphatic rings. The van der Waals surface area contributed by atoms with Gasteiger partial charge in [0.25, 0.3) is 0 Å². The molecule has 8 heteroatoms. The third kappa shape index (κ3) is 3.20. The second kappa shape index (κ2) is 6.37. The highest BCUT2D eigenvalue weighted by atomic mass is 32.2. The lowest BCUT2D eigenvalue weighted by Crippen LogP contribution is -2.28. The Balaban J connectivity index is 1.87. The zero-order valence-corrected chi connectivity index (χ0v) is 13.6. The molecule has 1 aliphatic heterocycles. The molecule has 3 rings (SSSR count). The van der Waals surface area contributed by atoms with Gasteiger partial charge in [-0.1, -0.05) is 12.1 Å². The third-order valence-electron chi connectivity index (χ3n) is 3.59. The van der Waals surface area contributed by atoms with Gasteiger partial charge in [0.1, 0.15) is 24.8 Å². The van der Waals surface area contributed by atoms with Crippen LogP contribution in [0, 0.1) is 11.6 Å². The van der Waals surface area contributed by atoms with E-state index in [2.05, 4.69) is 4.72 Å². The Hall–Kier alpha value is -2.19. The smallest absolute Gasteiger partial charge is 0.246 e. The van der Waals surface area contributed by atoms with E-state index in [1.807, 2.05) is 0 Å². The van der Waals surface area contributed by atoms with E-state index in [1.165, 1.54) is 0 Å². The molecule has 1 N–H and O–H groups in total. The molecular weight excluding hydrogens is 340 g/mol. The molecule has 24 heavy (non-hydrogen) atoms. The van der Waals surface area contributed by atoms with Crippen molar-refractivity contribution >= 4 is 10.0 Å².